The summed E-state index contributed by atoms with van der Waals surface area (Å²) in [6.45, 7) is 3.74. The van der Waals surface area contributed by atoms with Gasteiger partial charge in [0.2, 0.25) is 29.6 Å². The van der Waals surface area contributed by atoms with Crippen LogP contribution < -0.4 is 47.7 Å². The number of ether oxygens (including phenoxy) is 5. The Morgan fingerprint density at radius 1 is 0.409 bits per heavy atom. The molecule has 93 heavy (non-hydrogen) atoms. The van der Waals surface area contributed by atoms with Gasteiger partial charge in [-0.1, -0.05) is 182 Å². The highest BCUT2D eigenvalue weighted by Crippen LogP contribution is 2.25. The number of alkyl carbamates (subject to hydrolysis) is 3. The molecule has 0 radical (unpaired) electrons. The minimum Gasteiger partial charge on any atom is -0.489 e. The zero-order valence-electron chi connectivity index (χ0n) is 52.0. The fourth-order valence-electron chi connectivity index (χ4n) is 9.61. The number of benzene rings is 7. The first-order valence-corrected chi connectivity index (χ1v) is 30.6. The molecule has 8 amide bonds. The molecule has 486 valence electrons. The first kappa shape index (κ1) is 69.4. The SMILES string of the molecule is Cc1cc(OCc2ccccc2)cc(C)c1C[C@H](NC(=O)C(CCCN/C(=N\C(=O)OCc1ccccc1)NC(=O)OCc1ccccc1)NC(=O)OCc1ccccc1)C(=O)N[C@@H](CCCCNC(=O)OCc1ccccc1)C(=O)N[C@@H](Cc1ccccc1)C(N)=O. The summed E-state index contributed by atoms with van der Waals surface area (Å²) >= 11 is 0. The molecule has 0 spiro atoms. The molecule has 0 aromatic heterocycles. The van der Waals surface area contributed by atoms with Gasteiger partial charge < -0.3 is 61.3 Å². The van der Waals surface area contributed by atoms with Gasteiger partial charge in [0.1, 0.15) is 63.0 Å². The standard InChI is InChI=1S/C71H79N9O13/c1-49-40-57(89-44-52-26-11-4-12-27-52)41-50(2)58(49)43-62(66(84)75-59(64(82)76-61(63(72)81)42-51-24-9-3-10-25-51)36-21-22-38-74-68(85)90-45-53-28-13-5-14-29-53)77-65(83)60(78-69(86)91-46-54-30-15-6-16-31-54)37-23-39-73-67(79-70(87)92-47-55-32-17-7-18-33-55)80-71(88)93-48-56-34-19-8-20-35-56/h3-20,24-35,40-41,59-62H,21-23,36-39,42-48H2,1-2H3,(H2,72,81)(H,74,85)(H,75,84)(H,76,82)(H,77,83)(H,78,86)(H2,73,79,80,87,88)/t59-,60?,61-,62-/m0/s1. The van der Waals surface area contributed by atoms with E-state index in [1.807, 2.05) is 98.8 Å². The van der Waals surface area contributed by atoms with E-state index in [9.17, 15) is 28.8 Å². The van der Waals surface area contributed by atoms with Gasteiger partial charge in [-0.15, -0.1) is 4.99 Å². The number of amides is 8. The summed E-state index contributed by atoms with van der Waals surface area (Å²) in [5, 5.41) is 19.2. The molecule has 0 aliphatic carbocycles. The lowest BCUT2D eigenvalue weighted by Gasteiger charge is -2.27. The van der Waals surface area contributed by atoms with E-state index in [1.54, 1.807) is 109 Å². The number of rotatable bonds is 32. The zero-order valence-corrected chi connectivity index (χ0v) is 52.0. The molecule has 22 heteroatoms. The number of primary amides is 1. The van der Waals surface area contributed by atoms with Gasteiger partial charge in [-0.05, 0) is 108 Å². The zero-order chi connectivity index (χ0) is 66.0. The second kappa shape index (κ2) is 37.8. The summed E-state index contributed by atoms with van der Waals surface area (Å²) in [5.74, 6) is -2.96. The molecule has 9 N–H and O–H groups in total. The van der Waals surface area contributed by atoms with Crippen LogP contribution in [0, 0.1) is 13.8 Å². The average Bonchev–Trinajstić information content (AvgIpc) is 0.946. The van der Waals surface area contributed by atoms with Crippen molar-refractivity contribution in [2.45, 2.75) is 116 Å². The lowest BCUT2D eigenvalue weighted by atomic mass is 9.94. The number of hydrogen-bond acceptors (Lipinski definition) is 13. The number of guanidine groups is 1. The predicted octanol–water partition coefficient (Wildman–Crippen LogP) is 8.99. The molecule has 7 aromatic rings. The Kier molecular flexibility index (Phi) is 28.3. The molecular formula is C71H79N9O13. The van der Waals surface area contributed by atoms with Crippen molar-refractivity contribution in [1.82, 2.24) is 37.2 Å². The Balaban J connectivity index is 1.13. The van der Waals surface area contributed by atoms with Gasteiger partial charge in [-0.3, -0.25) is 24.5 Å². The number of unbranched alkanes of at least 4 members (excludes halogenated alkanes) is 1. The number of carbonyl (C=O) groups excluding carboxylic acids is 8. The summed E-state index contributed by atoms with van der Waals surface area (Å²) < 4.78 is 27.9. The first-order valence-electron chi connectivity index (χ1n) is 30.6. The topological polar surface area (TPSA) is 305 Å². The van der Waals surface area contributed by atoms with E-state index in [2.05, 4.69) is 42.2 Å². The van der Waals surface area contributed by atoms with E-state index in [0.29, 0.717) is 51.1 Å². The largest absolute Gasteiger partial charge is 0.489 e. The highest BCUT2D eigenvalue weighted by Gasteiger charge is 2.32. The molecule has 0 fully saturated rings. The van der Waals surface area contributed by atoms with E-state index < -0.39 is 72.2 Å². The molecule has 7 aromatic carbocycles. The number of hydrogen-bond donors (Lipinski definition) is 8. The number of carbonyl (C=O) groups is 8. The number of aliphatic imine (C=N–C) groups is 1. The molecule has 0 saturated heterocycles. The lowest BCUT2D eigenvalue weighted by molar-refractivity contribution is -0.133. The molecule has 4 atom stereocenters. The first-order chi connectivity index (χ1) is 45.1. The molecule has 1 unspecified atom stereocenters. The van der Waals surface area contributed by atoms with E-state index in [1.165, 1.54) is 0 Å². The van der Waals surface area contributed by atoms with Crippen LogP contribution in [0.25, 0.3) is 0 Å². The summed E-state index contributed by atoms with van der Waals surface area (Å²) in [5.41, 5.74) is 12.5. The number of nitrogens with one attached hydrogen (secondary N) is 7. The molecule has 0 aliphatic heterocycles. The summed E-state index contributed by atoms with van der Waals surface area (Å²) in [6.07, 6.45) is -3.14. The Labute approximate surface area is 540 Å². The Morgan fingerprint density at radius 3 is 1.31 bits per heavy atom. The maximum atomic E-state index is 15.2. The number of aryl methyl sites for hydroxylation is 2. The molecule has 0 aliphatic rings. The van der Waals surface area contributed by atoms with E-state index in [-0.39, 0.29) is 90.6 Å². The van der Waals surface area contributed by atoms with Crippen LogP contribution in [0.4, 0.5) is 19.2 Å². The maximum absolute atomic E-state index is 15.2. The van der Waals surface area contributed by atoms with E-state index >= 15 is 9.59 Å². The molecule has 0 bridgehead atoms. The minimum atomic E-state index is -1.44. The van der Waals surface area contributed by atoms with E-state index in [0.717, 1.165) is 11.1 Å². The molecule has 7 rings (SSSR count). The van der Waals surface area contributed by atoms with Crippen molar-refractivity contribution in [2.24, 2.45) is 10.7 Å². The van der Waals surface area contributed by atoms with Crippen molar-refractivity contribution < 1.29 is 62.0 Å². The van der Waals surface area contributed by atoms with Gasteiger partial charge in [-0.2, -0.15) is 0 Å². The van der Waals surface area contributed by atoms with Crippen LogP contribution in [0.2, 0.25) is 0 Å². The van der Waals surface area contributed by atoms with Gasteiger partial charge in [0.05, 0.1) is 0 Å². The van der Waals surface area contributed by atoms with Crippen LogP contribution >= 0.6 is 0 Å². The second-order valence-electron chi connectivity index (χ2n) is 21.8. The summed E-state index contributed by atoms with van der Waals surface area (Å²) in [6, 6.07) is 52.7. The Morgan fingerprint density at radius 2 is 0.806 bits per heavy atom. The second-order valence-corrected chi connectivity index (χ2v) is 21.8. The van der Waals surface area contributed by atoms with Crippen LogP contribution in [0.15, 0.2) is 199 Å². The third kappa shape index (κ3) is 25.4. The molecule has 0 heterocycles. The fourth-order valence-corrected chi connectivity index (χ4v) is 9.61. The Bertz CT molecular complexity index is 3530. The van der Waals surface area contributed by atoms with Crippen molar-refractivity contribution in [3.63, 3.8) is 0 Å². The van der Waals surface area contributed by atoms with Crippen molar-refractivity contribution in [2.75, 3.05) is 13.1 Å². The van der Waals surface area contributed by atoms with Crippen molar-refractivity contribution in [1.29, 1.82) is 0 Å². The van der Waals surface area contributed by atoms with Gasteiger partial charge in [0.15, 0.2) is 0 Å². The highest BCUT2D eigenvalue weighted by molar-refractivity contribution is 5.99. The number of nitrogens with two attached hydrogens (primary N) is 1. The van der Waals surface area contributed by atoms with Crippen molar-refractivity contribution >= 4 is 54.0 Å². The van der Waals surface area contributed by atoms with Gasteiger partial charge in [0.25, 0.3) is 0 Å². The summed E-state index contributed by atoms with van der Waals surface area (Å²) in [7, 11) is 0. The third-order valence-corrected chi connectivity index (χ3v) is 14.6. The van der Waals surface area contributed by atoms with Crippen molar-refractivity contribution in [3.8, 4) is 5.75 Å². The average molecular weight is 1270 g/mol. The van der Waals surface area contributed by atoms with Crippen LogP contribution in [0.5, 0.6) is 5.75 Å². The normalized spacial score (nSPS) is 12.2. The maximum Gasteiger partial charge on any atom is 0.437 e. The van der Waals surface area contributed by atoms with Crippen LogP contribution in [-0.2, 0) is 84.0 Å². The molecule has 22 nitrogen and oxygen atoms in total. The van der Waals surface area contributed by atoms with Crippen LogP contribution in [0.1, 0.15) is 82.2 Å². The van der Waals surface area contributed by atoms with Gasteiger partial charge >= 0.3 is 24.4 Å². The van der Waals surface area contributed by atoms with E-state index in [4.69, 9.17) is 29.4 Å². The smallest absolute Gasteiger partial charge is 0.437 e. The quantitative estimate of drug-likeness (QED) is 0.00845. The molecular weight excluding hydrogens is 1190 g/mol. The van der Waals surface area contributed by atoms with Crippen LogP contribution in [-0.4, -0.2) is 91.2 Å². The Hall–Kier alpha value is -11.0. The van der Waals surface area contributed by atoms with Gasteiger partial charge in [0, 0.05) is 25.9 Å². The monoisotopic (exact) mass is 1270 g/mol. The number of nitrogens with zero attached hydrogens (tertiary/aromatic N) is 1. The highest BCUT2D eigenvalue weighted by atomic mass is 16.6. The van der Waals surface area contributed by atoms with Gasteiger partial charge in [-0.25, -0.2) is 19.2 Å². The lowest BCUT2D eigenvalue weighted by Crippen LogP contribution is -2.58. The molecule has 0 saturated carbocycles. The predicted molar refractivity (Wildman–Crippen MR) is 349 cm³/mol. The van der Waals surface area contributed by atoms with Crippen molar-refractivity contribution in [3.05, 3.63) is 244 Å². The third-order valence-electron chi connectivity index (χ3n) is 14.6. The van der Waals surface area contributed by atoms with Crippen LogP contribution in [0.3, 0.4) is 0 Å². The fraction of sp³-hybridized carbons (Fsp3) is 0.282. The summed E-state index contributed by atoms with van der Waals surface area (Å²) in [4.78, 5) is 114. The minimum absolute atomic E-state index is 0.00138.